The molecule has 100 valence electrons. The van der Waals surface area contributed by atoms with Crippen molar-refractivity contribution >= 4 is 23.6 Å². The summed E-state index contributed by atoms with van der Waals surface area (Å²) >= 11 is 6.05. The number of benzene rings is 1. The Labute approximate surface area is 118 Å². The lowest BCUT2D eigenvalue weighted by Gasteiger charge is -2.22. The van der Waals surface area contributed by atoms with Crippen LogP contribution in [0.25, 0.3) is 6.08 Å². The van der Waals surface area contributed by atoms with Crippen LogP contribution in [-0.4, -0.2) is 11.9 Å². The Morgan fingerprint density at radius 3 is 2.79 bits per heavy atom. The molecule has 3 heteroatoms. The topological polar surface area (TPSA) is 29.1 Å². The summed E-state index contributed by atoms with van der Waals surface area (Å²) in [5, 5.41) is 3.80. The fraction of sp³-hybridized carbons (Fsp3) is 0.438. The van der Waals surface area contributed by atoms with Gasteiger partial charge in [-0.3, -0.25) is 4.79 Å². The average molecular weight is 276 g/mol. The van der Waals surface area contributed by atoms with Gasteiger partial charge < -0.3 is 5.32 Å². The van der Waals surface area contributed by atoms with Crippen LogP contribution in [0.3, 0.4) is 0 Å². The highest BCUT2D eigenvalue weighted by Gasteiger charge is 2.39. The van der Waals surface area contributed by atoms with E-state index in [1.54, 1.807) is 12.2 Å². The Bertz CT molecular complexity index is 511. The molecule has 2 bridgehead atoms. The van der Waals surface area contributed by atoms with Crippen molar-refractivity contribution in [1.29, 1.82) is 0 Å². The van der Waals surface area contributed by atoms with E-state index in [4.69, 9.17) is 11.6 Å². The van der Waals surface area contributed by atoms with Crippen molar-refractivity contribution in [2.24, 2.45) is 11.8 Å². The van der Waals surface area contributed by atoms with Gasteiger partial charge in [0.05, 0.1) is 0 Å². The van der Waals surface area contributed by atoms with E-state index >= 15 is 0 Å². The Morgan fingerprint density at radius 2 is 2.11 bits per heavy atom. The van der Waals surface area contributed by atoms with Crippen molar-refractivity contribution in [3.8, 4) is 0 Å². The van der Waals surface area contributed by atoms with E-state index in [0.29, 0.717) is 17.0 Å². The highest BCUT2D eigenvalue weighted by Crippen LogP contribution is 2.44. The van der Waals surface area contributed by atoms with Gasteiger partial charge in [0.15, 0.2) is 0 Å². The van der Waals surface area contributed by atoms with Crippen molar-refractivity contribution in [3.63, 3.8) is 0 Å². The second-order valence-corrected chi connectivity index (χ2v) is 6.05. The molecule has 0 aliphatic heterocycles. The number of carbonyl (C=O) groups is 1. The molecule has 0 spiro atoms. The predicted octanol–water partition coefficient (Wildman–Crippen LogP) is 3.66. The number of carbonyl (C=O) groups excluding carboxylic acids is 1. The van der Waals surface area contributed by atoms with Gasteiger partial charge in [-0.1, -0.05) is 36.2 Å². The van der Waals surface area contributed by atoms with Crippen molar-refractivity contribution in [2.45, 2.75) is 31.7 Å². The zero-order chi connectivity index (χ0) is 13.2. The lowest BCUT2D eigenvalue weighted by Crippen LogP contribution is -2.37. The lowest BCUT2D eigenvalue weighted by atomic mass is 9.95. The summed E-state index contributed by atoms with van der Waals surface area (Å²) in [6.07, 6.45) is 8.48. The molecule has 0 saturated heterocycles. The second-order valence-electron chi connectivity index (χ2n) is 5.64. The third-order valence-electron chi connectivity index (χ3n) is 4.39. The van der Waals surface area contributed by atoms with Crippen LogP contribution in [0.15, 0.2) is 30.3 Å². The molecule has 3 unspecified atom stereocenters. The molecule has 0 radical (unpaired) electrons. The zero-order valence-corrected chi connectivity index (χ0v) is 11.6. The van der Waals surface area contributed by atoms with Crippen LogP contribution in [0.4, 0.5) is 0 Å². The van der Waals surface area contributed by atoms with Gasteiger partial charge in [-0.25, -0.2) is 0 Å². The van der Waals surface area contributed by atoms with Crippen LogP contribution in [0.1, 0.15) is 31.2 Å². The Kier molecular flexibility index (Phi) is 3.61. The van der Waals surface area contributed by atoms with Crippen molar-refractivity contribution in [3.05, 3.63) is 40.9 Å². The molecular formula is C16H18ClNO. The van der Waals surface area contributed by atoms with Crippen LogP contribution >= 0.6 is 11.6 Å². The molecule has 2 aliphatic carbocycles. The predicted molar refractivity (Wildman–Crippen MR) is 77.9 cm³/mol. The van der Waals surface area contributed by atoms with Crippen LogP contribution in [0, 0.1) is 11.8 Å². The normalized spacial score (nSPS) is 29.0. The monoisotopic (exact) mass is 275 g/mol. The molecule has 3 rings (SSSR count). The Hall–Kier alpha value is -1.28. The maximum Gasteiger partial charge on any atom is 0.244 e. The van der Waals surface area contributed by atoms with E-state index in [0.717, 1.165) is 17.9 Å². The van der Waals surface area contributed by atoms with E-state index in [1.165, 1.54) is 19.3 Å². The highest BCUT2D eigenvalue weighted by molar-refractivity contribution is 6.32. The maximum atomic E-state index is 11.9. The molecule has 2 aliphatic rings. The number of hydrogen-bond acceptors (Lipinski definition) is 1. The van der Waals surface area contributed by atoms with Gasteiger partial charge in [0.2, 0.25) is 5.91 Å². The van der Waals surface area contributed by atoms with Crippen LogP contribution < -0.4 is 5.32 Å². The molecule has 0 aromatic heterocycles. The molecule has 2 fully saturated rings. The first kappa shape index (κ1) is 12.7. The summed E-state index contributed by atoms with van der Waals surface area (Å²) in [5.41, 5.74) is 0.882. The number of halogens is 1. The van der Waals surface area contributed by atoms with E-state index in [9.17, 15) is 4.79 Å². The number of amides is 1. The SMILES string of the molecule is O=C(C=Cc1ccccc1Cl)NC1CC2CCC1C2. The van der Waals surface area contributed by atoms with Crippen LogP contribution in [0.2, 0.25) is 5.02 Å². The number of hydrogen-bond donors (Lipinski definition) is 1. The van der Waals surface area contributed by atoms with E-state index in [1.807, 2.05) is 24.3 Å². The van der Waals surface area contributed by atoms with E-state index < -0.39 is 0 Å². The third-order valence-corrected chi connectivity index (χ3v) is 4.73. The molecule has 3 atom stereocenters. The van der Waals surface area contributed by atoms with Crippen LogP contribution in [0.5, 0.6) is 0 Å². The first-order valence-corrected chi connectivity index (χ1v) is 7.33. The van der Waals surface area contributed by atoms with Crippen molar-refractivity contribution < 1.29 is 4.79 Å². The van der Waals surface area contributed by atoms with Gasteiger partial charge in [-0.15, -0.1) is 0 Å². The number of fused-ring (bicyclic) bond motifs is 2. The van der Waals surface area contributed by atoms with Crippen LogP contribution in [-0.2, 0) is 4.79 Å². The number of rotatable bonds is 3. The molecule has 1 aromatic carbocycles. The Morgan fingerprint density at radius 1 is 1.26 bits per heavy atom. The van der Waals surface area contributed by atoms with Gasteiger partial charge in [-0.05, 0) is 48.8 Å². The summed E-state index contributed by atoms with van der Waals surface area (Å²) in [6, 6.07) is 7.93. The molecule has 1 aromatic rings. The summed E-state index contributed by atoms with van der Waals surface area (Å²) in [4.78, 5) is 11.9. The first-order valence-electron chi connectivity index (χ1n) is 6.95. The average Bonchev–Trinajstić information content (AvgIpc) is 3.00. The molecular weight excluding hydrogens is 258 g/mol. The van der Waals surface area contributed by atoms with Crippen molar-refractivity contribution in [2.75, 3.05) is 0 Å². The molecule has 19 heavy (non-hydrogen) atoms. The highest BCUT2D eigenvalue weighted by atomic mass is 35.5. The van der Waals surface area contributed by atoms with Gasteiger partial charge in [0.25, 0.3) is 0 Å². The van der Waals surface area contributed by atoms with Crippen molar-refractivity contribution in [1.82, 2.24) is 5.32 Å². The maximum absolute atomic E-state index is 11.9. The van der Waals surface area contributed by atoms with E-state index in [-0.39, 0.29) is 5.91 Å². The first-order chi connectivity index (χ1) is 9.22. The van der Waals surface area contributed by atoms with E-state index in [2.05, 4.69) is 5.32 Å². The van der Waals surface area contributed by atoms with Gasteiger partial charge in [-0.2, -0.15) is 0 Å². The minimum absolute atomic E-state index is 0.00234. The minimum atomic E-state index is -0.00234. The molecule has 1 N–H and O–H groups in total. The largest absolute Gasteiger partial charge is 0.350 e. The fourth-order valence-electron chi connectivity index (χ4n) is 3.43. The summed E-state index contributed by atoms with van der Waals surface area (Å²) in [7, 11) is 0. The Balaban J connectivity index is 1.58. The molecule has 2 saturated carbocycles. The zero-order valence-electron chi connectivity index (χ0n) is 10.8. The summed E-state index contributed by atoms with van der Waals surface area (Å²) in [5.74, 6) is 1.56. The standard InChI is InChI=1S/C16H18ClNO/c17-14-4-2-1-3-12(14)7-8-16(19)18-15-10-11-5-6-13(15)9-11/h1-4,7-8,11,13,15H,5-6,9-10H2,(H,18,19). The van der Waals surface area contributed by atoms with Gasteiger partial charge in [0.1, 0.15) is 0 Å². The van der Waals surface area contributed by atoms with Gasteiger partial charge >= 0.3 is 0 Å². The second kappa shape index (κ2) is 5.38. The third kappa shape index (κ3) is 2.84. The molecule has 0 heterocycles. The fourth-order valence-corrected chi connectivity index (χ4v) is 3.63. The molecule has 1 amide bonds. The summed E-state index contributed by atoms with van der Waals surface area (Å²) < 4.78 is 0. The summed E-state index contributed by atoms with van der Waals surface area (Å²) in [6.45, 7) is 0. The minimum Gasteiger partial charge on any atom is -0.350 e. The quantitative estimate of drug-likeness (QED) is 0.838. The smallest absolute Gasteiger partial charge is 0.244 e. The molecule has 2 nitrogen and oxygen atoms in total. The lowest BCUT2D eigenvalue weighted by molar-refractivity contribution is -0.117. The number of nitrogens with one attached hydrogen (secondary N) is 1. The van der Waals surface area contributed by atoms with Gasteiger partial charge in [0, 0.05) is 17.1 Å².